The summed E-state index contributed by atoms with van der Waals surface area (Å²) >= 11 is 3.07. The van der Waals surface area contributed by atoms with E-state index in [9.17, 15) is 4.79 Å². The molecule has 0 saturated carbocycles. The third-order valence-corrected chi connectivity index (χ3v) is 5.52. The number of thioether (sulfide) groups is 1. The Kier molecular flexibility index (Phi) is 6.11. The molecule has 0 unspecified atom stereocenters. The zero-order valence-corrected chi connectivity index (χ0v) is 15.2. The first-order valence-corrected chi connectivity index (χ1v) is 9.82. The number of carbonyl (C=O) groups excluding carboxylic acids is 1. The predicted octanol–water partition coefficient (Wildman–Crippen LogP) is 1.60. The molecule has 0 bridgehead atoms. The van der Waals surface area contributed by atoms with Gasteiger partial charge < -0.3 is 15.0 Å². The molecule has 1 aliphatic rings. The van der Waals surface area contributed by atoms with Crippen molar-refractivity contribution >= 4 is 35.0 Å². The lowest BCUT2D eigenvalue weighted by molar-refractivity contribution is -0.118. The van der Waals surface area contributed by atoms with Gasteiger partial charge in [0.25, 0.3) is 0 Å². The number of hydrogen-bond donors (Lipinski definition) is 1. The number of rotatable bonds is 7. The number of nitrogens with zero attached hydrogens (tertiary/aromatic N) is 4. The topological polar surface area (TPSA) is 72.3 Å². The van der Waals surface area contributed by atoms with Gasteiger partial charge in [0.1, 0.15) is 0 Å². The van der Waals surface area contributed by atoms with Gasteiger partial charge in [-0.2, -0.15) is 0 Å². The number of nitrogens with one attached hydrogen (secondary N) is 1. The lowest BCUT2D eigenvalue weighted by atomic mass is 10.4. The van der Waals surface area contributed by atoms with Crippen LogP contribution in [-0.4, -0.2) is 52.7 Å². The molecule has 1 fully saturated rings. The summed E-state index contributed by atoms with van der Waals surface area (Å²) in [5.74, 6) is 1.21. The minimum absolute atomic E-state index is 0.00646. The molecule has 130 valence electrons. The van der Waals surface area contributed by atoms with Crippen LogP contribution in [0.3, 0.4) is 0 Å². The molecule has 2 aromatic heterocycles. The highest BCUT2D eigenvalue weighted by molar-refractivity contribution is 7.99. The van der Waals surface area contributed by atoms with Crippen molar-refractivity contribution in [1.29, 1.82) is 0 Å². The van der Waals surface area contributed by atoms with Gasteiger partial charge in [-0.05, 0) is 18.4 Å². The summed E-state index contributed by atoms with van der Waals surface area (Å²) in [6, 6.07) is 4.00. The largest absolute Gasteiger partial charge is 0.378 e. The summed E-state index contributed by atoms with van der Waals surface area (Å²) in [5.41, 5.74) is 0. The van der Waals surface area contributed by atoms with Gasteiger partial charge in [0, 0.05) is 24.5 Å². The quantitative estimate of drug-likeness (QED) is 0.750. The Morgan fingerprint density at radius 3 is 2.96 bits per heavy atom. The molecule has 0 aliphatic carbocycles. The summed E-state index contributed by atoms with van der Waals surface area (Å²) in [6.07, 6.45) is 0. The van der Waals surface area contributed by atoms with Crippen molar-refractivity contribution in [1.82, 2.24) is 20.1 Å². The fourth-order valence-corrected chi connectivity index (χ4v) is 3.91. The van der Waals surface area contributed by atoms with Crippen LogP contribution in [0.1, 0.15) is 11.8 Å². The fourth-order valence-electron chi connectivity index (χ4n) is 2.44. The lowest BCUT2D eigenvalue weighted by Gasteiger charge is -2.27. The van der Waals surface area contributed by atoms with E-state index >= 15 is 0 Å². The third kappa shape index (κ3) is 4.28. The normalized spacial score (nSPS) is 14.8. The number of morpholine rings is 1. The monoisotopic (exact) mass is 367 g/mol. The van der Waals surface area contributed by atoms with Crippen molar-refractivity contribution in [2.24, 2.45) is 0 Å². The first kappa shape index (κ1) is 17.2. The van der Waals surface area contributed by atoms with Crippen LogP contribution in [0.15, 0.2) is 22.7 Å². The second-order valence-electron chi connectivity index (χ2n) is 5.27. The molecular weight excluding hydrogens is 346 g/mol. The van der Waals surface area contributed by atoms with Crippen molar-refractivity contribution in [2.45, 2.75) is 25.2 Å². The molecule has 0 aromatic carbocycles. The molecule has 24 heavy (non-hydrogen) atoms. The number of anilines is 1. The maximum atomic E-state index is 12.0. The Hall–Kier alpha value is -1.58. The second-order valence-corrected chi connectivity index (χ2v) is 7.25. The average molecular weight is 368 g/mol. The molecule has 2 aromatic rings. The van der Waals surface area contributed by atoms with Gasteiger partial charge in [-0.3, -0.25) is 9.36 Å². The van der Waals surface area contributed by atoms with Gasteiger partial charge in [-0.1, -0.05) is 17.8 Å². The molecule has 0 atom stereocenters. The van der Waals surface area contributed by atoms with E-state index in [1.54, 1.807) is 11.3 Å². The van der Waals surface area contributed by atoms with Gasteiger partial charge >= 0.3 is 0 Å². The molecule has 9 heteroatoms. The molecule has 3 rings (SSSR count). The number of thiophene rings is 1. The van der Waals surface area contributed by atoms with Crippen molar-refractivity contribution in [3.05, 3.63) is 22.4 Å². The standard InChI is InChI=1S/C15H21N5O2S2/c1-2-20-14(19-5-7-22-8-6-19)17-18-15(20)24-11-13(21)16-10-12-4-3-9-23-12/h3-4,9H,2,5-8,10-11H2,1H3,(H,16,21). The number of amides is 1. The Balaban J connectivity index is 1.54. The van der Waals surface area contributed by atoms with E-state index in [-0.39, 0.29) is 5.91 Å². The molecule has 1 N–H and O–H groups in total. The zero-order valence-electron chi connectivity index (χ0n) is 13.6. The minimum Gasteiger partial charge on any atom is -0.378 e. The van der Waals surface area contributed by atoms with E-state index in [1.165, 1.54) is 11.8 Å². The summed E-state index contributed by atoms with van der Waals surface area (Å²) in [4.78, 5) is 15.3. The Morgan fingerprint density at radius 2 is 2.25 bits per heavy atom. The minimum atomic E-state index is 0.00646. The predicted molar refractivity (Wildman–Crippen MR) is 95.6 cm³/mol. The van der Waals surface area contributed by atoms with E-state index in [2.05, 4.69) is 31.9 Å². The van der Waals surface area contributed by atoms with Gasteiger partial charge in [0.2, 0.25) is 11.9 Å². The SMILES string of the molecule is CCn1c(SCC(=O)NCc2cccs2)nnc1N1CCOCC1. The van der Waals surface area contributed by atoms with Crippen LogP contribution in [0.2, 0.25) is 0 Å². The molecule has 7 nitrogen and oxygen atoms in total. The first-order valence-electron chi connectivity index (χ1n) is 7.95. The number of aromatic nitrogens is 3. The zero-order chi connectivity index (χ0) is 16.8. The van der Waals surface area contributed by atoms with Gasteiger partial charge in [-0.15, -0.1) is 21.5 Å². The van der Waals surface area contributed by atoms with E-state index in [0.717, 1.165) is 35.6 Å². The Labute approximate surface area is 149 Å². The Morgan fingerprint density at radius 1 is 1.42 bits per heavy atom. The van der Waals surface area contributed by atoms with Gasteiger partial charge in [0.05, 0.1) is 25.5 Å². The molecule has 3 heterocycles. The van der Waals surface area contributed by atoms with Crippen LogP contribution in [0.25, 0.3) is 0 Å². The van der Waals surface area contributed by atoms with Crippen LogP contribution >= 0.6 is 23.1 Å². The second kappa shape index (κ2) is 8.50. The highest BCUT2D eigenvalue weighted by atomic mass is 32.2. The summed E-state index contributed by atoms with van der Waals surface area (Å²) < 4.78 is 7.44. The van der Waals surface area contributed by atoms with E-state index in [1.807, 2.05) is 17.5 Å². The maximum absolute atomic E-state index is 12.0. The van der Waals surface area contributed by atoms with E-state index in [0.29, 0.717) is 25.5 Å². The van der Waals surface area contributed by atoms with Crippen molar-refractivity contribution in [3.63, 3.8) is 0 Å². The molecule has 0 radical (unpaired) electrons. The van der Waals surface area contributed by atoms with Crippen molar-refractivity contribution in [2.75, 3.05) is 37.0 Å². The highest BCUT2D eigenvalue weighted by Crippen LogP contribution is 2.22. The summed E-state index contributed by atoms with van der Waals surface area (Å²) in [5, 5.41) is 14.3. The van der Waals surface area contributed by atoms with Gasteiger partial charge in [0.15, 0.2) is 5.16 Å². The summed E-state index contributed by atoms with van der Waals surface area (Å²) in [7, 11) is 0. The van der Waals surface area contributed by atoms with Crippen LogP contribution in [0, 0.1) is 0 Å². The molecule has 1 amide bonds. The maximum Gasteiger partial charge on any atom is 0.230 e. The van der Waals surface area contributed by atoms with E-state index < -0.39 is 0 Å². The smallest absolute Gasteiger partial charge is 0.230 e. The number of hydrogen-bond acceptors (Lipinski definition) is 7. The first-order chi connectivity index (χ1) is 11.8. The van der Waals surface area contributed by atoms with Crippen LogP contribution in [0.4, 0.5) is 5.95 Å². The van der Waals surface area contributed by atoms with Crippen LogP contribution in [-0.2, 0) is 22.6 Å². The fraction of sp³-hybridized carbons (Fsp3) is 0.533. The average Bonchev–Trinajstić information content (AvgIpc) is 3.28. The molecule has 1 saturated heterocycles. The van der Waals surface area contributed by atoms with Crippen LogP contribution in [0.5, 0.6) is 0 Å². The third-order valence-electron chi connectivity index (χ3n) is 3.68. The Bertz CT molecular complexity index is 653. The molecule has 1 aliphatic heterocycles. The van der Waals surface area contributed by atoms with Crippen LogP contribution < -0.4 is 10.2 Å². The van der Waals surface area contributed by atoms with Gasteiger partial charge in [-0.25, -0.2) is 0 Å². The lowest BCUT2D eigenvalue weighted by Crippen LogP contribution is -2.38. The van der Waals surface area contributed by atoms with Crippen molar-refractivity contribution < 1.29 is 9.53 Å². The number of ether oxygens (including phenoxy) is 1. The summed E-state index contributed by atoms with van der Waals surface area (Å²) in [6.45, 7) is 6.49. The number of carbonyl (C=O) groups is 1. The van der Waals surface area contributed by atoms with Crippen molar-refractivity contribution in [3.8, 4) is 0 Å². The molecular formula is C15H21N5O2S2. The van der Waals surface area contributed by atoms with E-state index in [4.69, 9.17) is 4.74 Å². The molecule has 0 spiro atoms. The highest BCUT2D eigenvalue weighted by Gasteiger charge is 2.20.